The number of aliphatic hydroxyl groups is 3. The average molecular weight is 300 g/mol. The van der Waals surface area contributed by atoms with Crippen molar-refractivity contribution in [1.82, 2.24) is 5.32 Å². The summed E-state index contributed by atoms with van der Waals surface area (Å²) in [6.45, 7) is -0.724. The van der Waals surface area contributed by atoms with Crippen molar-refractivity contribution in [3.05, 3.63) is 0 Å². The molecule has 6 rings (SSSR count). The van der Waals surface area contributed by atoms with Gasteiger partial charge in [-0.05, 0) is 0 Å². The van der Waals surface area contributed by atoms with Crippen LogP contribution in [0.15, 0.2) is 4.99 Å². The fraction of sp³-hybridized carbons (Fsp3) is 0.909. The van der Waals surface area contributed by atoms with E-state index >= 15 is 0 Å². The molecule has 1 aliphatic carbocycles. The molecule has 1 saturated carbocycles. The lowest BCUT2D eigenvalue weighted by Gasteiger charge is -2.72. The zero-order valence-electron chi connectivity index (χ0n) is 10.7. The Balaban J connectivity index is 1.77. The highest BCUT2D eigenvalue weighted by atomic mass is 16.9. The molecule has 9 atom stereocenters. The normalized spacial score (nSPS) is 66.2. The van der Waals surface area contributed by atoms with Crippen molar-refractivity contribution in [1.29, 1.82) is 0 Å². The van der Waals surface area contributed by atoms with Crippen LogP contribution in [-0.2, 0) is 14.2 Å². The maximum absolute atomic E-state index is 12.8. The largest absolute Gasteiger partial charge is 0.805 e. The van der Waals surface area contributed by atoms with Gasteiger partial charge >= 0.3 is 0 Å². The van der Waals surface area contributed by atoms with Crippen LogP contribution in [0.3, 0.4) is 0 Å². The third-order valence-corrected chi connectivity index (χ3v) is 5.42. The average Bonchev–Trinajstić information content (AvgIpc) is 2.59. The lowest BCUT2D eigenvalue weighted by molar-refractivity contribution is -0.700. The number of guanidine groups is 1. The van der Waals surface area contributed by atoms with E-state index < -0.39 is 60.3 Å². The molecule has 116 valence electrons. The SMILES string of the molecule is NC1=NC2OC3C4([O-])OC5C(O)C3(N1)C2C(O4)C5(O)CO. The summed E-state index contributed by atoms with van der Waals surface area (Å²) in [5.74, 6) is -2.98. The van der Waals surface area contributed by atoms with Crippen molar-refractivity contribution >= 4 is 5.96 Å². The van der Waals surface area contributed by atoms with Crippen molar-refractivity contribution in [2.24, 2.45) is 16.6 Å². The molecule has 6 N–H and O–H groups in total. The molecule has 0 aromatic rings. The molecule has 1 spiro atoms. The number of aliphatic hydroxyl groups excluding tert-OH is 2. The first-order valence-corrected chi connectivity index (χ1v) is 6.71. The van der Waals surface area contributed by atoms with E-state index in [0.717, 1.165) is 0 Å². The Labute approximate surface area is 118 Å². The fourth-order valence-electron chi connectivity index (χ4n) is 4.62. The Kier molecular flexibility index (Phi) is 1.89. The summed E-state index contributed by atoms with van der Waals surface area (Å²) in [6.07, 6.45) is -5.67. The summed E-state index contributed by atoms with van der Waals surface area (Å²) in [5.41, 5.74) is 2.58. The topological polar surface area (TPSA) is 162 Å². The molecule has 7 bridgehead atoms. The second-order valence-electron chi connectivity index (χ2n) is 6.28. The van der Waals surface area contributed by atoms with Gasteiger partial charge in [0.2, 0.25) is 0 Å². The number of ether oxygens (including phenoxy) is 3. The zero-order chi connectivity index (χ0) is 14.8. The van der Waals surface area contributed by atoms with Crippen LogP contribution in [0.4, 0.5) is 0 Å². The predicted molar refractivity (Wildman–Crippen MR) is 60.2 cm³/mol. The van der Waals surface area contributed by atoms with Crippen molar-refractivity contribution in [3.63, 3.8) is 0 Å². The van der Waals surface area contributed by atoms with Gasteiger partial charge < -0.3 is 45.7 Å². The number of nitrogens with one attached hydrogen (secondary N) is 1. The van der Waals surface area contributed by atoms with Crippen molar-refractivity contribution in [2.45, 2.75) is 47.8 Å². The lowest BCUT2D eigenvalue weighted by Crippen LogP contribution is -2.94. The Hall–Kier alpha value is -1.01. The fourth-order valence-corrected chi connectivity index (χ4v) is 4.62. The van der Waals surface area contributed by atoms with Gasteiger partial charge in [-0.25, -0.2) is 4.99 Å². The van der Waals surface area contributed by atoms with Crippen LogP contribution < -0.4 is 16.2 Å². The first-order chi connectivity index (χ1) is 9.87. The molecule has 21 heavy (non-hydrogen) atoms. The maximum atomic E-state index is 12.8. The molecule has 5 aliphatic heterocycles. The number of nitrogens with two attached hydrogens (primary N) is 1. The number of nitrogens with zero attached hydrogens (tertiary/aromatic N) is 1. The van der Waals surface area contributed by atoms with E-state index in [0.29, 0.717) is 0 Å². The summed E-state index contributed by atoms with van der Waals surface area (Å²) < 4.78 is 16.1. The summed E-state index contributed by atoms with van der Waals surface area (Å²) in [4.78, 5) is 4.06. The Morgan fingerprint density at radius 3 is 2.81 bits per heavy atom. The van der Waals surface area contributed by atoms with Crippen LogP contribution in [0.2, 0.25) is 0 Å². The summed E-state index contributed by atoms with van der Waals surface area (Å²) in [6, 6.07) is 0. The molecular formula is C11H14N3O7-. The van der Waals surface area contributed by atoms with Gasteiger partial charge in [0.1, 0.15) is 41.5 Å². The second-order valence-corrected chi connectivity index (χ2v) is 6.28. The molecule has 0 aromatic carbocycles. The van der Waals surface area contributed by atoms with Crippen LogP contribution >= 0.6 is 0 Å². The molecule has 0 aromatic heterocycles. The maximum Gasteiger partial charge on any atom is 0.191 e. The Morgan fingerprint density at radius 1 is 1.38 bits per heavy atom. The highest BCUT2D eigenvalue weighted by Crippen LogP contribution is 2.62. The van der Waals surface area contributed by atoms with Gasteiger partial charge in [0.15, 0.2) is 12.2 Å². The molecule has 0 amide bonds. The van der Waals surface area contributed by atoms with Crippen LogP contribution in [0, 0.1) is 5.92 Å². The number of hydrogen-bond acceptors (Lipinski definition) is 10. The summed E-state index contributed by atoms with van der Waals surface area (Å²) in [5, 5.41) is 46.5. The number of aliphatic imine (C=N–C) groups is 1. The highest BCUT2D eigenvalue weighted by Gasteiger charge is 2.84. The zero-order valence-corrected chi connectivity index (χ0v) is 10.7. The molecule has 5 fully saturated rings. The Bertz CT molecular complexity index is 574. The van der Waals surface area contributed by atoms with Gasteiger partial charge in [-0.15, -0.1) is 0 Å². The molecule has 0 radical (unpaired) electrons. The van der Waals surface area contributed by atoms with Gasteiger partial charge in [-0.3, -0.25) is 0 Å². The third kappa shape index (κ3) is 1.03. The van der Waals surface area contributed by atoms with Crippen molar-refractivity contribution in [2.75, 3.05) is 6.61 Å². The van der Waals surface area contributed by atoms with E-state index in [2.05, 4.69) is 10.3 Å². The van der Waals surface area contributed by atoms with E-state index in [9.17, 15) is 20.4 Å². The van der Waals surface area contributed by atoms with Crippen molar-refractivity contribution < 1.29 is 34.6 Å². The van der Waals surface area contributed by atoms with Gasteiger partial charge in [0.25, 0.3) is 0 Å². The minimum atomic E-state index is -2.38. The highest BCUT2D eigenvalue weighted by molar-refractivity contribution is 5.80. The lowest BCUT2D eigenvalue weighted by atomic mass is 9.56. The predicted octanol–water partition coefficient (Wildman–Crippen LogP) is -5.11. The van der Waals surface area contributed by atoms with Crippen LogP contribution in [0.25, 0.3) is 0 Å². The summed E-state index contributed by atoms with van der Waals surface area (Å²) in [7, 11) is 0. The van der Waals surface area contributed by atoms with Crippen LogP contribution in [0.5, 0.6) is 0 Å². The molecule has 6 aliphatic rings. The molecular weight excluding hydrogens is 286 g/mol. The standard InChI is InChI=1S/C11H14N3O7/c12-8-13-6-2-4-9(17,1-15)5-3(16)10(2,14-8)7(19-6)11(18,20-4)21-5/h2-7,15-17H,1H2,(H3,12,13,14)/q-1. The van der Waals surface area contributed by atoms with Gasteiger partial charge in [0.05, 0.1) is 12.5 Å². The second kappa shape index (κ2) is 3.18. The van der Waals surface area contributed by atoms with E-state index in [1.807, 2.05) is 0 Å². The molecule has 4 saturated heterocycles. The van der Waals surface area contributed by atoms with Crippen LogP contribution in [-0.4, -0.2) is 75.6 Å². The van der Waals surface area contributed by atoms with Gasteiger partial charge in [-0.1, -0.05) is 0 Å². The minimum absolute atomic E-state index is 0.0517. The quantitative estimate of drug-likeness (QED) is 0.319. The monoisotopic (exact) mass is 300 g/mol. The van der Waals surface area contributed by atoms with E-state index in [1.165, 1.54) is 0 Å². The summed E-state index contributed by atoms with van der Waals surface area (Å²) >= 11 is 0. The molecule has 5 heterocycles. The first-order valence-electron chi connectivity index (χ1n) is 6.71. The van der Waals surface area contributed by atoms with Crippen LogP contribution in [0.1, 0.15) is 0 Å². The minimum Gasteiger partial charge on any atom is -0.805 e. The Morgan fingerprint density at radius 2 is 2.10 bits per heavy atom. The van der Waals surface area contributed by atoms with Crippen molar-refractivity contribution in [3.8, 4) is 0 Å². The third-order valence-electron chi connectivity index (χ3n) is 5.42. The van der Waals surface area contributed by atoms with Gasteiger partial charge in [-0.2, -0.15) is 0 Å². The smallest absolute Gasteiger partial charge is 0.191 e. The first kappa shape index (κ1) is 12.5. The number of rotatable bonds is 1. The molecule has 10 nitrogen and oxygen atoms in total. The van der Waals surface area contributed by atoms with E-state index in [-0.39, 0.29) is 5.96 Å². The molecule has 9 unspecified atom stereocenters. The molecule has 10 heteroatoms. The number of hydrogen-bond donors (Lipinski definition) is 5. The van der Waals surface area contributed by atoms with E-state index in [1.54, 1.807) is 0 Å². The van der Waals surface area contributed by atoms with E-state index in [4.69, 9.17) is 19.9 Å². The van der Waals surface area contributed by atoms with Gasteiger partial charge in [0, 0.05) is 0 Å².